The zero-order valence-corrected chi connectivity index (χ0v) is 18.5. The van der Waals surface area contributed by atoms with E-state index in [9.17, 15) is 4.79 Å². The SMILES string of the molecule is CC1=CCC=CC=C1C#Cc1cnn2ccc(-c3ccc(C(=O)N4CCOCC4)cc3)nc12. The van der Waals surface area contributed by atoms with Crippen molar-refractivity contribution in [2.75, 3.05) is 26.3 Å². The molecule has 0 atom stereocenters. The van der Waals surface area contributed by atoms with Crippen molar-refractivity contribution < 1.29 is 9.53 Å². The van der Waals surface area contributed by atoms with Gasteiger partial charge in [-0.1, -0.05) is 42.2 Å². The summed E-state index contributed by atoms with van der Waals surface area (Å²) in [6.45, 7) is 4.52. The fraction of sp³-hybridized carbons (Fsp3) is 0.222. The van der Waals surface area contributed by atoms with Crippen molar-refractivity contribution in [1.82, 2.24) is 19.5 Å². The van der Waals surface area contributed by atoms with Gasteiger partial charge >= 0.3 is 0 Å². The van der Waals surface area contributed by atoms with Crippen LogP contribution in [0.25, 0.3) is 16.9 Å². The minimum absolute atomic E-state index is 0.0358. The maximum atomic E-state index is 12.7. The highest BCUT2D eigenvalue weighted by Crippen LogP contribution is 2.21. The molecular weight excluding hydrogens is 412 g/mol. The Balaban J connectivity index is 1.41. The second-order valence-electron chi connectivity index (χ2n) is 8.00. The Morgan fingerprint density at radius 3 is 2.73 bits per heavy atom. The first-order valence-corrected chi connectivity index (χ1v) is 11.1. The Bertz CT molecular complexity index is 1340. The largest absolute Gasteiger partial charge is 0.378 e. The monoisotopic (exact) mass is 436 g/mol. The van der Waals surface area contributed by atoms with Crippen LogP contribution in [0.5, 0.6) is 0 Å². The van der Waals surface area contributed by atoms with E-state index in [4.69, 9.17) is 9.72 Å². The highest BCUT2D eigenvalue weighted by molar-refractivity contribution is 5.94. The molecular formula is C27H24N4O2. The van der Waals surface area contributed by atoms with Crippen molar-refractivity contribution in [2.45, 2.75) is 13.3 Å². The molecule has 3 heterocycles. The molecule has 33 heavy (non-hydrogen) atoms. The van der Waals surface area contributed by atoms with Gasteiger partial charge in [0, 0.05) is 36.0 Å². The van der Waals surface area contributed by atoms with Gasteiger partial charge in [0.15, 0.2) is 5.65 Å². The summed E-state index contributed by atoms with van der Waals surface area (Å²) in [5.41, 5.74) is 6.07. The van der Waals surface area contributed by atoms with Crippen molar-refractivity contribution >= 4 is 11.6 Å². The highest BCUT2D eigenvalue weighted by Gasteiger charge is 2.18. The molecule has 2 aliphatic rings. The lowest BCUT2D eigenvalue weighted by Crippen LogP contribution is -2.40. The number of fused-ring (bicyclic) bond motifs is 1. The predicted molar refractivity (Wildman–Crippen MR) is 128 cm³/mol. The smallest absolute Gasteiger partial charge is 0.254 e. The predicted octanol–water partition coefficient (Wildman–Crippen LogP) is 4.05. The Labute approximate surface area is 192 Å². The van der Waals surface area contributed by atoms with Crippen LogP contribution in [0, 0.1) is 11.8 Å². The lowest BCUT2D eigenvalue weighted by atomic mass is 10.1. The van der Waals surface area contributed by atoms with Crippen LogP contribution in [0.15, 0.2) is 78.2 Å². The Hall–Kier alpha value is -3.95. The molecule has 3 aromatic rings. The Morgan fingerprint density at radius 2 is 1.91 bits per heavy atom. The molecule has 1 aliphatic heterocycles. The molecule has 0 N–H and O–H groups in total. The van der Waals surface area contributed by atoms with Crippen molar-refractivity contribution in [3.63, 3.8) is 0 Å². The van der Waals surface area contributed by atoms with Gasteiger partial charge in [-0.3, -0.25) is 4.79 Å². The maximum absolute atomic E-state index is 12.7. The van der Waals surface area contributed by atoms with E-state index in [0.29, 0.717) is 37.5 Å². The number of morpholine rings is 1. The maximum Gasteiger partial charge on any atom is 0.254 e. The topological polar surface area (TPSA) is 59.7 Å². The van der Waals surface area contributed by atoms with Gasteiger partial charge in [-0.25, -0.2) is 9.50 Å². The first kappa shape index (κ1) is 20.9. The van der Waals surface area contributed by atoms with E-state index in [0.717, 1.165) is 28.8 Å². The number of hydrogen-bond donors (Lipinski definition) is 0. The number of ether oxygens (including phenoxy) is 1. The number of carbonyl (C=O) groups excluding carboxylic acids is 1. The average Bonchev–Trinajstić information content (AvgIpc) is 3.16. The minimum atomic E-state index is 0.0358. The average molecular weight is 437 g/mol. The zero-order chi connectivity index (χ0) is 22.6. The first-order valence-electron chi connectivity index (χ1n) is 11.1. The fourth-order valence-corrected chi connectivity index (χ4v) is 3.85. The summed E-state index contributed by atoms with van der Waals surface area (Å²) in [6.07, 6.45) is 12.9. The molecule has 0 spiro atoms. The summed E-state index contributed by atoms with van der Waals surface area (Å²) in [6, 6.07) is 9.51. The molecule has 1 aromatic carbocycles. The van der Waals surface area contributed by atoms with Gasteiger partial charge in [-0.15, -0.1) is 0 Å². The van der Waals surface area contributed by atoms with Gasteiger partial charge in [-0.2, -0.15) is 5.10 Å². The van der Waals surface area contributed by atoms with E-state index in [1.807, 2.05) is 53.6 Å². The summed E-state index contributed by atoms with van der Waals surface area (Å²) in [5.74, 6) is 6.53. The number of benzene rings is 1. The molecule has 1 saturated heterocycles. The van der Waals surface area contributed by atoms with E-state index in [1.54, 1.807) is 10.7 Å². The third-order valence-electron chi connectivity index (χ3n) is 5.81. The van der Waals surface area contributed by atoms with E-state index in [2.05, 4.69) is 36.0 Å². The lowest BCUT2D eigenvalue weighted by molar-refractivity contribution is 0.0303. The molecule has 0 unspecified atom stereocenters. The number of amides is 1. The second-order valence-corrected chi connectivity index (χ2v) is 8.00. The minimum Gasteiger partial charge on any atom is -0.378 e. The Kier molecular flexibility index (Phi) is 5.88. The van der Waals surface area contributed by atoms with Crippen LogP contribution < -0.4 is 0 Å². The van der Waals surface area contributed by atoms with Crippen LogP contribution in [0.4, 0.5) is 0 Å². The van der Waals surface area contributed by atoms with Crippen molar-refractivity contribution in [3.05, 3.63) is 89.3 Å². The third kappa shape index (κ3) is 4.50. The van der Waals surface area contributed by atoms with E-state index >= 15 is 0 Å². The zero-order valence-electron chi connectivity index (χ0n) is 18.5. The van der Waals surface area contributed by atoms with Crippen LogP contribution in [0.3, 0.4) is 0 Å². The van der Waals surface area contributed by atoms with E-state index in [-0.39, 0.29) is 5.91 Å². The summed E-state index contributed by atoms with van der Waals surface area (Å²) in [7, 11) is 0. The highest BCUT2D eigenvalue weighted by atomic mass is 16.5. The fourth-order valence-electron chi connectivity index (χ4n) is 3.85. The number of allylic oxidation sites excluding steroid dienone is 6. The van der Waals surface area contributed by atoms with Crippen LogP contribution in [0.1, 0.15) is 29.3 Å². The summed E-state index contributed by atoms with van der Waals surface area (Å²) in [4.78, 5) is 19.3. The van der Waals surface area contributed by atoms with E-state index < -0.39 is 0 Å². The molecule has 0 saturated carbocycles. The van der Waals surface area contributed by atoms with Gasteiger partial charge in [0.25, 0.3) is 5.91 Å². The summed E-state index contributed by atoms with van der Waals surface area (Å²) >= 11 is 0. The number of nitrogens with zero attached hydrogens (tertiary/aromatic N) is 4. The van der Waals surface area contributed by atoms with E-state index in [1.165, 1.54) is 5.57 Å². The van der Waals surface area contributed by atoms with Gasteiger partial charge in [0.1, 0.15) is 0 Å². The van der Waals surface area contributed by atoms with Gasteiger partial charge in [0.2, 0.25) is 0 Å². The molecule has 0 bridgehead atoms. The van der Waals surface area contributed by atoms with Crippen LogP contribution in [-0.4, -0.2) is 51.7 Å². The van der Waals surface area contributed by atoms with Crippen molar-refractivity contribution in [3.8, 4) is 23.1 Å². The van der Waals surface area contributed by atoms with Crippen molar-refractivity contribution in [2.24, 2.45) is 0 Å². The van der Waals surface area contributed by atoms with Gasteiger partial charge in [0.05, 0.1) is 30.7 Å². The molecule has 2 aromatic heterocycles. The molecule has 1 fully saturated rings. The van der Waals surface area contributed by atoms with Crippen LogP contribution >= 0.6 is 0 Å². The number of hydrogen-bond acceptors (Lipinski definition) is 4. The number of carbonyl (C=O) groups is 1. The Morgan fingerprint density at radius 1 is 1.09 bits per heavy atom. The summed E-state index contributed by atoms with van der Waals surface area (Å²) < 4.78 is 7.07. The quantitative estimate of drug-likeness (QED) is 0.569. The normalized spacial score (nSPS) is 16.0. The summed E-state index contributed by atoms with van der Waals surface area (Å²) in [5, 5.41) is 4.39. The molecule has 6 nitrogen and oxygen atoms in total. The first-order chi connectivity index (χ1) is 16.2. The number of aromatic nitrogens is 3. The molecule has 1 aliphatic carbocycles. The molecule has 0 radical (unpaired) electrons. The molecule has 1 amide bonds. The van der Waals surface area contributed by atoms with Gasteiger partial charge in [-0.05, 0) is 43.2 Å². The van der Waals surface area contributed by atoms with Gasteiger partial charge < -0.3 is 9.64 Å². The number of rotatable bonds is 2. The standard InChI is InChI=1S/C27H24N4O2/c1-20-5-3-2-4-6-21(20)7-12-24-19-28-31-14-13-25(29-26(24)31)22-8-10-23(11-9-22)27(32)30-15-17-33-18-16-30/h2,4-6,8-11,13-14,19H,3,15-18H2,1H3. The van der Waals surface area contributed by atoms with Crippen LogP contribution in [0.2, 0.25) is 0 Å². The third-order valence-corrected chi connectivity index (χ3v) is 5.81. The second kappa shape index (κ2) is 9.27. The molecule has 6 heteroatoms. The lowest BCUT2D eigenvalue weighted by Gasteiger charge is -2.26. The molecule has 5 rings (SSSR count). The van der Waals surface area contributed by atoms with Crippen molar-refractivity contribution in [1.29, 1.82) is 0 Å². The molecule has 164 valence electrons. The van der Waals surface area contributed by atoms with Crippen LogP contribution in [-0.2, 0) is 4.74 Å².